The monoisotopic (exact) mass is 432 g/mol. The van der Waals surface area contributed by atoms with Crippen LogP contribution in [0.4, 0.5) is 0 Å². The molecule has 4 rings (SSSR count). The molecule has 1 heterocycles. The fourth-order valence-corrected chi connectivity index (χ4v) is 3.82. The first-order valence-electron chi connectivity index (χ1n) is 10.8. The van der Waals surface area contributed by atoms with Gasteiger partial charge in [0.2, 0.25) is 0 Å². The Morgan fingerprint density at radius 3 is 2.53 bits per heavy atom. The molecule has 1 N–H and O–H groups in total. The molecule has 6 heteroatoms. The van der Waals surface area contributed by atoms with Gasteiger partial charge >= 0.3 is 0 Å². The minimum Gasteiger partial charge on any atom is -0.493 e. The number of para-hydroxylation sites is 3. The summed E-state index contributed by atoms with van der Waals surface area (Å²) in [7, 11) is 1.63. The van der Waals surface area contributed by atoms with Crippen molar-refractivity contribution in [3.05, 3.63) is 84.4 Å². The van der Waals surface area contributed by atoms with Crippen LogP contribution in [0, 0.1) is 0 Å². The highest BCUT2D eigenvalue weighted by Crippen LogP contribution is 2.31. The number of carbonyl (C=O) groups is 1. The zero-order valence-electron chi connectivity index (χ0n) is 18.2. The fraction of sp³-hybridized carbons (Fsp3) is 0.269. The highest BCUT2D eigenvalue weighted by Gasteiger charge is 2.24. The second-order valence-corrected chi connectivity index (χ2v) is 7.79. The second-order valence-electron chi connectivity index (χ2n) is 7.79. The quantitative estimate of drug-likeness (QED) is 0.548. The Balaban J connectivity index is 1.26. The zero-order chi connectivity index (χ0) is 22.2. The molecular weight excluding hydrogens is 404 g/mol. The molecule has 0 aliphatic carbocycles. The maximum Gasteiger partial charge on any atom is 0.258 e. The van der Waals surface area contributed by atoms with Crippen LogP contribution in [0.25, 0.3) is 0 Å². The van der Waals surface area contributed by atoms with E-state index in [0.29, 0.717) is 17.2 Å². The number of hydrogen-bond acceptors (Lipinski definition) is 5. The summed E-state index contributed by atoms with van der Waals surface area (Å²) < 4.78 is 16.9. The van der Waals surface area contributed by atoms with Crippen LogP contribution < -0.4 is 19.5 Å². The molecule has 0 aromatic heterocycles. The minimum atomic E-state index is -0.0899. The van der Waals surface area contributed by atoms with Gasteiger partial charge in [-0.3, -0.25) is 9.69 Å². The van der Waals surface area contributed by atoms with Crippen LogP contribution in [0.3, 0.4) is 0 Å². The molecule has 1 aliphatic heterocycles. The highest BCUT2D eigenvalue weighted by molar-refractivity contribution is 5.77. The average Bonchev–Trinajstić information content (AvgIpc) is 3.25. The van der Waals surface area contributed by atoms with Gasteiger partial charge in [0.25, 0.3) is 5.91 Å². The lowest BCUT2D eigenvalue weighted by atomic mass is 10.2. The van der Waals surface area contributed by atoms with Crippen LogP contribution in [0.2, 0.25) is 0 Å². The molecule has 1 fully saturated rings. The van der Waals surface area contributed by atoms with Crippen molar-refractivity contribution in [1.29, 1.82) is 0 Å². The molecule has 1 saturated heterocycles. The van der Waals surface area contributed by atoms with Crippen molar-refractivity contribution in [2.24, 2.45) is 0 Å². The van der Waals surface area contributed by atoms with E-state index in [9.17, 15) is 4.79 Å². The summed E-state index contributed by atoms with van der Waals surface area (Å²) >= 11 is 0. The van der Waals surface area contributed by atoms with Crippen molar-refractivity contribution in [2.75, 3.05) is 26.8 Å². The molecule has 32 heavy (non-hydrogen) atoms. The second kappa shape index (κ2) is 10.7. The largest absolute Gasteiger partial charge is 0.493 e. The van der Waals surface area contributed by atoms with E-state index in [2.05, 4.69) is 16.3 Å². The van der Waals surface area contributed by atoms with E-state index in [0.717, 1.165) is 37.4 Å². The fourth-order valence-electron chi connectivity index (χ4n) is 3.82. The number of amides is 1. The normalized spacial score (nSPS) is 15.8. The molecule has 0 bridgehead atoms. The standard InChI is InChI=1S/C26H28N2O4/c1-30-24-12-5-6-13-25(24)32-23-11-7-8-20(16-23)17-28-15-14-21(18-28)27-26(29)19-31-22-9-3-2-4-10-22/h2-13,16,21H,14-15,17-19H2,1H3,(H,27,29). The molecule has 3 aromatic rings. The number of rotatable bonds is 9. The Hall–Kier alpha value is -3.51. The molecule has 1 aliphatic rings. The van der Waals surface area contributed by atoms with E-state index < -0.39 is 0 Å². The lowest BCUT2D eigenvalue weighted by Crippen LogP contribution is -2.39. The summed E-state index contributed by atoms with van der Waals surface area (Å²) in [5.41, 5.74) is 1.16. The Kier molecular flexibility index (Phi) is 7.25. The van der Waals surface area contributed by atoms with Gasteiger partial charge in [0, 0.05) is 25.7 Å². The van der Waals surface area contributed by atoms with Crippen LogP contribution in [-0.4, -0.2) is 43.7 Å². The first-order valence-corrected chi connectivity index (χ1v) is 10.8. The Labute approximate surface area is 188 Å². The van der Waals surface area contributed by atoms with Crippen molar-refractivity contribution in [1.82, 2.24) is 10.2 Å². The van der Waals surface area contributed by atoms with Gasteiger partial charge in [0.15, 0.2) is 18.1 Å². The number of nitrogens with zero attached hydrogens (tertiary/aromatic N) is 1. The molecule has 1 amide bonds. The molecule has 3 aromatic carbocycles. The summed E-state index contributed by atoms with van der Waals surface area (Å²) in [5.74, 6) is 2.77. The van der Waals surface area contributed by atoms with Gasteiger partial charge in [-0.1, -0.05) is 42.5 Å². The van der Waals surface area contributed by atoms with Crippen molar-refractivity contribution < 1.29 is 19.0 Å². The minimum absolute atomic E-state index is 0.0306. The third kappa shape index (κ3) is 6.02. The van der Waals surface area contributed by atoms with Gasteiger partial charge < -0.3 is 19.5 Å². The number of benzene rings is 3. The first kappa shape index (κ1) is 21.7. The summed E-state index contributed by atoms with van der Waals surface area (Å²) in [4.78, 5) is 14.6. The van der Waals surface area contributed by atoms with Crippen molar-refractivity contribution >= 4 is 5.91 Å². The molecule has 0 saturated carbocycles. The predicted molar refractivity (Wildman–Crippen MR) is 123 cm³/mol. The first-order chi connectivity index (χ1) is 15.7. The van der Waals surface area contributed by atoms with Crippen LogP contribution >= 0.6 is 0 Å². The van der Waals surface area contributed by atoms with E-state index in [1.54, 1.807) is 7.11 Å². The third-order valence-corrected chi connectivity index (χ3v) is 5.35. The SMILES string of the molecule is COc1ccccc1Oc1cccc(CN2CCC(NC(=O)COc3ccccc3)C2)c1. The van der Waals surface area contributed by atoms with Crippen LogP contribution in [0.15, 0.2) is 78.9 Å². The lowest BCUT2D eigenvalue weighted by Gasteiger charge is -2.17. The number of nitrogens with one attached hydrogen (secondary N) is 1. The summed E-state index contributed by atoms with van der Waals surface area (Å²) in [6.07, 6.45) is 0.925. The van der Waals surface area contributed by atoms with Gasteiger partial charge in [-0.05, 0) is 48.4 Å². The molecule has 166 valence electrons. The average molecular weight is 433 g/mol. The Morgan fingerprint density at radius 2 is 1.72 bits per heavy atom. The number of hydrogen-bond donors (Lipinski definition) is 1. The Morgan fingerprint density at radius 1 is 0.969 bits per heavy atom. The van der Waals surface area contributed by atoms with Crippen molar-refractivity contribution in [2.45, 2.75) is 19.0 Å². The van der Waals surface area contributed by atoms with Gasteiger partial charge in [0.05, 0.1) is 7.11 Å². The third-order valence-electron chi connectivity index (χ3n) is 5.35. The molecule has 1 atom stereocenters. The number of ether oxygens (including phenoxy) is 3. The summed E-state index contributed by atoms with van der Waals surface area (Å²) in [6, 6.07) is 25.2. The number of likely N-dealkylation sites (tertiary alicyclic amines) is 1. The van der Waals surface area contributed by atoms with E-state index in [1.807, 2.05) is 72.8 Å². The van der Waals surface area contributed by atoms with Gasteiger partial charge in [-0.25, -0.2) is 0 Å². The Bertz CT molecular complexity index is 1030. The predicted octanol–water partition coefficient (Wildman–Crippen LogP) is 4.26. The molecule has 0 radical (unpaired) electrons. The van der Waals surface area contributed by atoms with Crippen LogP contribution in [0.5, 0.6) is 23.0 Å². The summed E-state index contributed by atoms with van der Waals surface area (Å²) in [5, 5.41) is 3.08. The van der Waals surface area contributed by atoms with E-state index >= 15 is 0 Å². The topological polar surface area (TPSA) is 60.0 Å². The zero-order valence-corrected chi connectivity index (χ0v) is 18.2. The number of methoxy groups -OCH3 is 1. The maximum absolute atomic E-state index is 12.2. The summed E-state index contributed by atoms with van der Waals surface area (Å²) in [6.45, 7) is 2.58. The number of carbonyl (C=O) groups excluding carboxylic acids is 1. The maximum atomic E-state index is 12.2. The molecular formula is C26H28N2O4. The van der Waals surface area contributed by atoms with Gasteiger partial charge in [-0.2, -0.15) is 0 Å². The van der Waals surface area contributed by atoms with Crippen LogP contribution in [-0.2, 0) is 11.3 Å². The lowest BCUT2D eigenvalue weighted by molar-refractivity contribution is -0.123. The highest BCUT2D eigenvalue weighted by atomic mass is 16.5. The van der Waals surface area contributed by atoms with Crippen molar-refractivity contribution in [3.8, 4) is 23.0 Å². The van der Waals surface area contributed by atoms with Crippen molar-refractivity contribution in [3.63, 3.8) is 0 Å². The molecule has 1 unspecified atom stereocenters. The molecule has 0 spiro atoms. The molecule has 6 nitrogen and oxygen atoms in total. The van der Waals surface area contributed by atoms with Gasteiger partial charge in [-0.15, -0.1) is 0 Å². The smallest absolute Gasteiger partial charge is 0.258 e. The van der Waals surface area contributed by atoms with E-state index in [-0.39, 0.29) is 18.6 Å². The van der Waals surface area contributed by atoms with E-state index in [4.69, 9.17) is 14.2 Å². The van der Waals surface area contributed by atoms with Crippen LogP contribution in [0.1, 0.15) is 12.0 Å². The van der Waals surface area contributed by atoms with Gasteiger partial charge in [0.1, 0.15) is 11.5 Å². The van der Waals surface area contributed by atoms with E-state index in [1.165, 1.54) is 0 Å².